The minimum absolute atomic E-state index is 0.255. The number of nitrogens with zero attached hydrogens (tertiary/aromatic N) is 3. The summed E-state index contributed by atoms with van der Waals surface area (Å²) in [5.41, 5.74) is 2.84. The van der Waals surface area contributed by atoms with Crippen molar-refractivity contribution in [2.24, 2.45) is 0 Å². The van der Waals surface area contributed by atoms with Crippen LogP contribution in [0.25, 0.3) is 0 Å². The number of rotatable bonds is 9. The largest absolute Gasteiger partial charge is 0.404 e. The summed E-state index contributed by atoms with van der Waals surface area (Å²) in [5.74, 6) is -0.735. The maximum Gasteiger partial charge on any atom is 0.404 e. The van der Waals surface area contributed by atoms with Crippen LogP contribution in [0.3, 0.4) is 0 Å². The minimum Gasteiger partial charge on any atom is -0.362 e. The molecule has 0 radical (unpaired) electrons. The highest BCUT2D eigenvalue weighted by atomic mass is 32.2. The van der Waals surface area contributed by atoms with E-state index < -0.39 is 18.1 Å². The van der Waals surface area contributed by atoms with Gasteiger partial charge < -0.3 is 4.90 Å². The van der Waals surface area contributed by atoms with Crippen molar-refractivity contribution in [1.82, 2.24) is 9.71 Å². The van der Waals surface area contributed by atoms with E-state index in [0.29, 0.717) is 29.0 Å². The second-order valence-electron chi connectivity index (χ2n) is 8.78. The lowest BCUT2D eigenvalue weighted by molar-refractivity contribution is -0.146. The highest BCUT2D eigenvalue weighted by Crippen LogP contribution is 2.37. The van der Waals surface area contributed by atoms with Gasteiger partial charge in [0.1, 0.15) is 11.9 Å². The van der Waals surface area contributed by atoms with Crippen LogP contribution in [0, 0.1) is 24.1 Å². The minimum atomic E-state index is -4.31. The molecule has 3 rings (SSSR count). The smallest absolute Gasteiger partial charge is 0.362 e. The van der Waals surface area contributed by atoms with Gasteiger partial charge in [-0.3, -0.25) is 4.98 Å². The molecule has 4 nitrogen and oxygen atoms in total. The lowest BCUT2D eigenvalue weighted by Crippen LogP contribution is -2.35. The Balaban J connectivity index is 0.00000172. The molecule has 0 saturated heterocycles. The first-order chi connectivity index (χ1) is 18.1. The van der Waals surface area contributed by atoms with Crippen molar-refractivity contribution in [1.29, 1.82) is 5.26 Å². The van der Waals surface area contributed by atoms with Gasteiger partial charge in [-0.25, -0.2) is 9.11 Å². The zero-order chi connectivity index (χ0) is 28.9. The van der Waals surface area contributed by atoms with E-state index in [2.05, 4.69) is 20.7 Å². The van der Waals surface area contributed by atoms with Crippen molar-refractivity contribution in [3.63, 3.8) is 0 Å². The summed E-state index contributed by atoms with van der Waals surface area (Å²) in [4.78, 5) is 7.30. The van der Waals surface area contributed by atoms with Gasteiger partial charge in [-0.2, -0.15) is 18.4 Å². The van der Waals surface area contributed by atoms with Gasteiger partial charge in [-0.15, -0.1) is 0 Å². The molecule has 0 aliphatic heterocycles. The van der Waals surface area contributed by atoms with Gasteiger partial charge in [-0.05, 0) is 80.5 Å². The van der Waals surface area contributed by atoms with E-state index in [1.54, 1.807) is 19.2 Å². The molecule has 1 aromatic carbocycles. The zero-order valence-corrected chi connectivity index (χ0v) is 24.4. The topological polar surface area (TPSA) is 52.0 Å². The molecule has 1 aliphatic carbocycles. The second kappa shape index (κ2) is 16.6. The summed E-state index contributed by atoms with van der Waals surface area (Å²) in [5, 5.41) is 9.69. The SMILES string of the molecule is CC.CC.CCC(C#N)c1cc(F)c(C)cc1N(Cc1ccc(SN[C@@H](C)C(F)(F)F)cn1)C1CCCC1. The van der Waals surface area contributed by atoms with Crippen LogP contribution in [0.4, 0.5) is 23.2 Å². The molecular formula is C29H42F4N4S. The number of nitriles is 1. The van der Waals surface area contributed by atoms with Gasteiger partial charge in [0.25, 0.3) is 0 Å². The first-order valence-corrected chi connectivity index (χ1v) is 14.4. The molecule has 2 atom stereocenters. The number of pyridine rings is 1. The van der Waals surface area contributed by atoms with Crippen LogP contribution < -0.4 is 9.62 Å². The lowest BCUT2D eigenvalue weighted by Gasteiger charge is -2.34. The number of nitrogens with one attached hydrogen (secondary N) is 1. The van der Waals surface area contributed by atoms with E-state index in [4.69, 9.17) is 0 Å². The number of benzene rings is 1. The first kappa shape index (κ1) is 33.7. The Labute approximate surface area is 230 Å². The fourth-order valence-electron chi connectivity index (χ4n) is 4.18. The molecule has 0 amide bonds. The molecule has 1 saturated carbocycles. The van der Waals surface area contributed by atoms with Crippen LogP contribution >= 0.6 is 11.9 Å². The van der Waals surface area contributed by atoms with Crippen molar-refractivity contribution in [3.8, 4) is 6.07 Å². The molecule has 2 aromatic rings. The van der Waals surface area contributed by atoms with Crippen LogP contribution in [0.5, 0.6) is 0 Å². The number of aryl methyl sites for hydroxylation is 1. The predicted molar refractivity (Wildman–Crippen MR) is 150 cm³/mol. The van der Waals surface area contributed by atoms with E-state index in [0.717, 1.165) is 55.9 Å². The summed E-state index contributed by atoms with van der Waals surface area (Å²) in [7, 11) is 0. The standard InChI is InChI=1S/C25H30F4N4S.2C2H6/c1-4-18(13-30)22-12-23(26)16(2)11-24(22)33(20-7-5-6-8-20)15-19-9-10-21(14-31-19)34-32-17(3)25(27,28)29;2*1-2/h9-12,14,17-18,20,32H,4-8,15H2,1-3H3;2*1-2H3/t17-,18?;;/m0../s1. The second-order valence-corrected chi connectivity index (χ2v) is 9.70. The normalized spacial score (nSPS) is 14.9. The molecular weight excluding hydrogens is 512 g/mol. The number of anilines is 1. The summed E-state index contributed by atoms with van der Waals surface area (Å²) in [6, 6.07) is 7.80. The molecule has 38 heavy (non-hydrogen) atoms. The fraction of sp³-hybridized carbons (Fsp3) is 0.586. The van der Waals surface area contributed by atoms with Crippen LogP contribution in [0.2, 0.25) is 0 Å². The van der Waals surface area contributed by atoms with Crippen LogP contribution in [0.1, 0.15) is 96.4 Å². The average molecular weight is 555 g/mol. The average Bonchev–Trinajstić information content (AvgIpc) is 3.46. The van der Waals surface area contributed by atoms with Crippen molar-refractivity contribution in [3.05, 3.63) is 53.1 Å². The molecule has 1 N–H and O–H groups in total. The maximum atomic E-state index is 14.5. The van der Waals surface area contributed by atoms with E-state index >= 15 is 0 Å². The quantitative estimate of drug-likeness (QED) is 0.247. The summed E-state index contributed by atoms with van der Waals surface area (Å²) >= 11 is 0.897. The summed E-state index contributed by atoms with van der Waals surface area (Å²) < 4.78 is 55.0. The zero-order valence-electron chi connectivity index (χ0n) is 23.6. The Morgan fingerprint density at radius 2 is 1.79 bits per heavy atom. The third-order valence-corrected chi connectivity index (χ3v) is 7.25. The Bertz CT molecular complexity index is 999. The lowest BCUT2D eigenvalue weighted by atomic mass is 9.93. The van der Waals surface area contributed by atoms with Gasteiger partial charge >= 0.3 is 6.18 Å². The van der Waals surface area contributed by atoms with Gasteiger partial charge in [0.15, 0.2) is 0 Å². The third-order valence-electron chi connectivity index (χ3n) is 6.30. The van der Waals surface area contributed by atoms with Crippen molar-refractivity contribution < 1.29 is 17.6 Å². The number of hydrogen-bond donors (Lipinski definition) is 1. The van der Waals surface area contributed by atoms with Gasteiger partial charge in [-0.1, -0.05) is 47.5 Å². The Hall–Kier alpha value is -2.31. The molecule has 212 valence electrons. The summed E-state index contributed by atoms with van der Waals surface area (Å²) in [6.07, 6.45) is 2.06. The van der Waals surface area contributed by atoms with Gasteiger partial charge in [0.2, 0.25) is 0 Å². The molecule has 1 fully saturated rings. The van der Waals surface area contributed by atoms with E-state index in [1.165, 1.54) is 6.07 Å². The molecule has 1 heterocycles. The number of hydrogen-bond acceptors (Lipinski definition) is 5. The summed E-state index contributed by atoms with van der Waals surface area (Å²) in [6.45, 7) is 13.2. The van der Waals surface area contributed by atoms with Crippen molar-refractivity contribution >= 4 is 17.6 Å². The van der Waals surface area contributed by atoms with E-state index in [-0.39, 0.29) is 11.9 Å². The molecule has 9 heteroatoms. The molecule has 1 aromatic heterocycles. The van der Waals surface area contributed by atoms with Crippen LogP contribution in [0.15, 0.2) is 35.4 Å². The number of halogens is 4. The first-order valence-electron chi connectivity index (χ1n) is 13.5. The van der Waals surface area contributed by atoms with Crippen LogP contribution in [-0.2, 0) is 6.54 Å². The molecule has 1 unspecified atom stereocenters. The predicted octanol–water partition coefficient (Wildman–Crippen LogP) is 9.10. The Morgan fingerprint density at radius 1 is 1.16 bits per heavy atom. The van der Waals surface area contributed by atoms with Crippen molar-refractivity contribution in [2.75, 3.05) is 4.90 Å². The highest BCUT2D eigenvalue weighted by molar-refractivity contribution is 7.97. The van der Waals surface area contributed by atoms with Crippen LogP contribution in [-0.4, -0.2) is 23.2 Å². The molecule has 0 spiro atoms. The Kier molecular flexibility index (Phi) is 14.7. The highest BCUT2D eigenvalue weighted by Gasteiger charge is 2.36. The molecule has 0 bridgehead atoms. The van der Waals surface area contributed by atoms with E-state index in [1.807, 2.05) is 46.8 Å². The number of alkyl halides is 3. The van der Waals surface area contributed by atoms with Gasteiger partial charge in [0, 0.05) is 22.8 Å². The monoisotopic (exact) mass is 554 g/mol. The van der Waals surface area contributed by atoms with Crippen molar-refractivity contribution in [2.45, 2.75) is 116 Å². The van der Waals surface area contributed by atoms with E-state index in [9.17, 15) is 22.8 Å². The maximum absolute atomic E-state index is 14.5. The third kappa shape index (κ3) is 9.46. The fourth-order valence-corrected chi connectivity index (χ4v) is 4.87. The van der Waals surface area contributed by atoms with Gasteiger partial charge in [0.05, 0.1) is 24.2 Å². The molecule has 1 aliphatic rings. The number of aromatic nitrogens is 1. The Morgan fingerprint density at radius 3 is 2.29 bits per heavy atom.